The van der Waals surface area contributed by atoms with E-state index in [0.717, 1.165) is 0 Å². The van der Waals surface area contributed by atoms with Gasteiger partial charge in [-0.25, -0.2) is 0 Å². The largest absolute Gasteiger partial charge is 0.359 e. The molecule has 0 spiro atoms. The lowest BCUT2D eigenvalue weighted by Crippen LogP contribution is -2.14. The second-order valence-electron chi connectivity index (χ2n) is 7.89. The van der Waals surface area contributed by atoms with Gasteiger partial charge in [0, 0.05) is 28.3 Å². The van der Waals surface area contributed by atoms with E-state index >= 15 is 0 Å². The van der Waals surface area contributed by atoms with Crippen LogP contribution in [-0.4, -0.2) is 25.3 Å². The van der Waals surface area contributed by atoms with Crippen molar-refractivity contribution in [2.24, 2.45) is 4.40 Å². The number of hydrogen-bond acceptors (Lipinski definition) is 6. The van der Waals surface area contributed by atoms with E-state index in [4.69, 9.17) is 4.52 Å². The van der Waals surface area contributed by atoms with E-state index < -0.39 is 10.0 Å². The van der Waals surface area contributed by atoms with E-state index in [-0.39, 0.29) is 22.1 Å². The van der Waals surface area contributed by atoms with Gasteiger partial charge < -0.3 is 15.2 Å². The standard InChI is InChI=1S/C21H20N4O4S/c1-21(2,3)17-12-18(24-29-17)23-20(26)13-8-10-14(11-9-13)22-19-15-6-4-5-7-16(15)30(27,28)25-19/h4-12H,1-3H3,(H,22,25)(H,23,24,26). The molecular formula is C21H20N4O4S. The summed E-state index contributed by atoms with van der Waals surface area (Å²) in [7, 11) is -3.69. The molecule has 1 amide bonds. The normalized spacial score (nSPS) is 14.7. The third-order valence-corrected chi connectivity index (χ3v) is 5.87. The van der Waals surface area contributed by atoms with Crippen molar-refractivity contribution in [3.05, 3.63) is 71.5 Å². The van der Waals surface area contributed by atoms with Crippen LogP contribution >= 0.6 is 0 Å². The fraction of sp³-hybridized carbons (Fsp3) is 0.190. The molecule has 2 N–H and O–H groups in total. The fourth-order valence-electron chi connectivity index (χ4n) is 2.91. The van der Waals surface area contributed by atoms with Crippen LogP contribution in [0.15, 0.2) is 68.4 Å². The molecule has 0 fully saturated rings. The predicted molar refractivity (Wildman–Crippen MR) is 113 cm³/mol. The number of hydrogen-bond donors (Lipinski definition) is 2. The number of amides is 1. The molecule has 1 aromatic heterocycles. The molecular weight excluding hydrogens is 404 g/mol. The molecule has 0 atom stereocenters. The number of nitrogens with zero attached hydrogens (tertiary/aromatic N) is 2. The maximum absolute atomic E-state index is 12.5. The number of rotatable bonds is 3. The van der Waals surface area contributed by atoms with Gasteiger partial charge in [0.1, 0.15) is 10.7 Å². The van der Waals surface area contributed by atoms with Gasteiger partial charge in [0.2, 0.25) is 0 Å². The zero-order valence-corrected chi connectivity index (χ0v) is 17.4. The van der Waals surface area contributed by atoms with E-state index in [1.165, 1.54) is 6.07 Å². The van der Waals surface area contributed by atoms with Crippen molar-refractivity contribution in [1.82, 2.24) is 5.16 Å². The van der Waals surface area contributed by atoms with E-state index in [0.29, 0.717) is 28.4 Å². The van der Waals surface area contributed by atoms with Gasteiger partial charge in [-0.2, -0.15) is 8.42 Å². The van der Waals surface area contributed by atoms with Crippen LogP contribution < -0.4 is 10.6 Å². The van der Waals surface area contributed by atoms with Crippen molar-refractivity contribution in [1.29, 1.82) is 0 Å². The van der Waals surface area contributed by atoms with Gasteiger partial charge in [0.25, 0.3) is 15.9 Å². The molecule has 8 nitrogen and oxygen atoms in total. The number of carbonyl (C=O) groups excluding carboxylic acids is 1. The smallest absolute Gasteiger partial charge is 0.285 e. The first-order valence-electron chi connectivity index (χ1n) is 9.23. The second kappa shape index (κ2) is 7.10. The Labute approximate surface area is 174 Å². The Kier molecular flexibility index (Phi) is 4.70. The highest BCUT2D eigenvalue weighted by atomic mass is 32.2. The molecule has 0 unspecified atom stereocenters. The molecule has 1 aliphatic rings. The lowest BCUT2D eigenvalue weighted by Gasteiger charge is -2.12. The first-order chi connectivity index (χ1) is 14.1. The second-order valence-corrected chi connectivity index (χ2v) is 9.47. The lowest BCUT2D eigenvalue weighted by atomic mass is 9.93. The average molecular weight is 424 g/mol. The van der Waals surface area contributed by atoms with Crippen molar-refractivity contribution >= 4 is 33.3 Å². The molecule has 2 aromatic carbocycles. The molecule has 1 aliphatic heterocycles. The first-order valence-corrected chi connectivity index (χ1v) is 10.7. The Morgan fingerprint density at radius 3 is 2.40 bits per heavy atom. The van der Waals surface area contributed by atoms with Crippen molar-refractivity contribution in [3.63, 3.8) is 0 Å². The van der Waals surface area contributed by atoms with Gasteiger partial charge in [-0.1, -0.05) is 38.1 Å². The van der Waals surface area contributed by atoms with Crippen LogP contribution in [0, 0.1) is 0 Å². The highest BCUT2D eigenvalue weighted by Crippen LogP contribution is 2.27. The van der Waals surface area contributed by atoms with Gasteiger partial charge in [-0.3, -0.25) is 4.79 Å². The zero-order chi connectivity index (χ0) is 21.5. The summed E-state index contributed by atoms with van der Waals surface area (Å²) in [6, 6.07) is 14.9. The Hall–Kier alpha value is -3.46. The highest BCUT2D eigenvalue weighted by molar-refractivity contribution is 7.90. The summed E-state index contributed by atoms with van der Waals surface area (Å²) in [5.41, 5.74) is 1.33. The summed E-state index contributed by atoms with van der Waals surface area (Å²) in [6.07, 6.45) is 0. The van der Waals surface area contributed by atoms with Crippen molar-refractivity contribution in [2.75, 3.05) is 10.6 Å². The number of aromatic nitrogens is 1. The molecule has 30 heavy (non-hydrogen) atoms. The number of sulfonamides is 1. The molecule has 2 heterocycles. The number of amidine groups is 1. The minimum atomic E-state index is -3.69. The number of fused-ring (bicyclic) bond motifs is 1. The number of carbonyl (C=O) groups is 1. The third kappa shape index (κ3) is 3.84. The summed E-state index contributed by atoms with van der Waals surface area (Å²) < 4.78 is 33.3. The van der Waals surface area contributed by atoms with Gasteiger partial charge in [0.15, 0.2) is 11.7 Å². The minimum Gasteiger partial charge on any atom is -0.359 e. The monoisotopic (exact) mass is 424 g/mol. The lowest BCUT2D eigenvalue weighted by molar-refractivity contribution is 0.102. The summed E-state index contributed by atoms with van der Waals surface area (Å²) in [5.74, 6) is 0.931. The summed E-state index contributed by atoms with van der Waals surface area (Å²) in [5, 5.41) is 9.58. The van der Waals surface area contributed by atoms with E-state index in [9.17, 15) is 13.2 Å². The Bertz CT molecular complexity index is 1250. The van der Waals surface area contributed by atoms with E-state index in [2.05, 4.69) is 20.2 Å². The number of anilines is 2. The molecule has 0 bridgehead atoms. The van der Waals surface area contributed by atoms with Crippen LogP contribution in [0.2, 0.25) is 0 Å². The van der Waals surface area contributed by atoms with Gasteiger partial charge >= 0.3 is 0 Å². The maximum Gasteiger partial charge on any atom is 0.285 e. The quantitative estimate of drug-likeness (QED) is 0.661. The first kappa shape index (κ1) is 19.8. The van der Waals surface area contributed by atoms with Crippen molar-refractivity contribution in [3.8, 4) is 0 Å². The fourth-order valence-corrected chi connectivity index (χ4v) is 4.09. The molecule has 0 radical (unpaired) electrons. The highest BCUT2D eigenvalue weighted by Gasteiger charge is 2.28. The summed E-state index contributed by atoms with van der Waals surface area (Å²) in [6.45, 7) is 5.97. The van der Waals surface area contributed by atoms with Crippen LogP contribution in [0.5, 0.6) is 0 Å². The van der Waals surface area contributed by atoms with Crippen LogP contribution in [-0.2, 0) is 15.4 Å². The molecule has 154 valence electrons. The third-order valence-electron chi connectivity index (χ3n) is 4.53. The van der Waals surface area contributed by atoms with E-state index in [1.54, 1.807) is 48.5 Å². The molecule has 0 saturated carbocycles. The van der Waals surface area contributed by atoms with Crippen LogP contribution in [0.1, 0.15) is 42.5 Å². The van der Waals surface area contributed by atoms with Gasteiger partial charge in [0.05, 0.1) is 0 Å². The molecule has 3 aromatic rings. The molecule has 4 rings (SSSR count). The topological polar surface area (TPSA) is 114 Å². The number of nitrogens with one attached hydrogen (secondary N) is 2. The van der Waals surface area contributed by atoms with Crippen molar-refractivity contribution < 1.29 is 17.7 Å². The summed E-state index contributed by atoms with van der Waals surface area (Å²) >= 11 is 0. The predicted octanol–water partition coefficient (Wildman–Crippen LogP) is 3.79. The van der Waals surface area contributed by atoms with Gasteiger partial charge in [-0.05, 0) is 36.4 Å². The zero-order valence-electron chi connectivity index (χ0n) is 16.6. The minimum absolute atomic E-state index is 0.172. The van der Waals surface area contributed by atoms with Gasteiger partial charge in [-0.15, -0.1) is 4.40 Å². The molecule has 0 saturated heterocycles. The van der Waals surface area contributed by atoms with Crippen LogP contribution in [0.3, 0.4) is 0 Å². The SMILES string of the molecule is CC(C)(C)c1cc(NC(=O)c2ccc(NC3=NS(=O)(=O)c4ccccc43)cc2)no1. The average Bonchev–Trinajstić information content (AvgIpc) is 3.26. The maximum atomic E-state index is 12.5. The number of benzene rings is 2. The molecule has 9 heteroatoms. The Morgan fingerprint density at radius 2 is 1.73 bits per heavy atom. The van der Waals surface area contributed by atoms with E-state index in [1.807, 2.05) is 20.8 Å². The Morgan fingerprint density at radius 1 is 1.03 bits per heavy atom. The summed E-state index contributed by atoms with van der Waals surface area (Å²) in [4.78, 5) is 12.6. The van der Waals surface area contributed by atoms with Crippen molar-refractivity contribution in [2.45, 2.75) is 31.1 Å². The van der Waals surface area contributed by atoms with Crippen LogP contribution in [0.4, 0.5) is 11.5 Å². The van der Waals surface area contributed by atoms with Crippen LogP contribution in [0.25, 0.3) is 0 Å². The molecule has 0 aliphatic carbocycles. The Balaban J connectivity index is 1.47.